The van der Waals surface area contributed by atoms with Gasteiger partial charge in [0.2, 0.25) is 5.88 Å². The smallest absolute Gasteiger partial charge is 0.481 e. The minimum Gasteiger partial charge on any atom is -0.481 e. The summed E-state index contributed by atoms with van der Waals surface area (Å²) in [7, 11) is 0.857. The van der Waals surface area contributed by atoms with Crippen LogP contribution >= 0.6 is 0 Å². The summed E-state index contributed by atoms with van der Waals surface area (Å²) >= 11 is 0. The summed E-state index contributed by atoms with van der Waals surface area (Å²) in [6, 6.07) is 0.0773. The molecule has 0 unspecified atom stereocenters. The molecule has 11 heteroatoms. The summed E-state index contributed by atoms with van der Waals surface area (Å²) in [6.45, 7) is 1.39. The number of halogens is 6. The van der Waals surface area contributed by atoms with Crippen LogP contribution in [-0.2, 0) is 22.1 Å². The molecule has 0 aliphatic carbocycles. The van der Waals surface area contributed by atoms with Crippen molar-refractivity contribution in [2.45, 2.75) is 25.9 Å². The molecule has 0 radical (unpaired) electrons. The van der Waals surface area contributed by atoms with E-state index >= 15 is 0 Å². The number of methoxy groups -OCH3 is 1. The molecule has 0 saturated heterocycles. The third kappa shape index (κ3) is 5.49. The molecule has 1 heterocycles. The Balaban J connectivity index is 3.38. The maximum absolute atomic E-state index is 12.8. The van der Waals surface area contributed by atoms with Gasteiger partial charge in [0.25, 0.3) is 0 Å². The Labute approximate surface area is 126 Å². The lowest BCUT2D eigenvalue weighted by molar-refractivity contribution is -0.275. The fraction of sp³-hybridized carbons (Fsp3) is 0.500. The van der Waals surface area contributed by atoms with Crippen LogP contribution in [0.5, 0.6) is 11.6 Å². The van der Waals surface area contributed by atoms with E-state index in [0.717, 1.165) is 7.11 Å². The van der Waals surface area contributed by atoms with Crippen LogP contribution in [0.1, 0.15) is 18.2 Å². The number of alkyl halides is 6. The van der Waals surface area contributed by atoms with Crippen LogP contribution in [0.25, 0.3) is 0 Å². The van der Waals surface area contributed by atoms with Crippen LogP contribution < -0.4 is 9.47 Å². The number of nitrogens with zero attached hydrogens (tertiary/aromatic N) is 1. The molecular formula is C12H11F6NO4. The van der Waals surface area contributed by atoms with Gasteiger partial charge in [-0.2, -0.15) is 13.2 Å². The SMILES string of the molecule is CCOC(=O)Cc1nc(OC)c(C(F)(F)F)cc1OC(F)(F)F. The van der Waals surface area contributed by atoms with Gasteiger partial charge < -0.3 is 14.2 Å². The molecule has 0 aliphatic rings. The van der Waals surface area contributed by atoms with Crippen LogP contribution in [0.3, 0.4) is 0 Å². The maximum Gasteiger partial charge on any atom is 0.573 e. The van der Waals surface area contributed by atoms with Gasteiger partial charge in [-0.05, 0) is 6.92 Å². The second-order valence-corrected chi connectivity index (χ2v) is 4.02. The fourth-order valence-electron chi connectivity index (χ4n) is 1.56. The molecule has 1 aromatic heterocycles. The molecule has 0 bridgehead atoms. The largest absolute Gasteiger partial charge is 0.573 e. The summed E-state index contributed by atoms with van der Waals surface area (Å²) < 4.78 is 87.9. The van der Waals surface area contributed by atoms with E-state index in [-0.39, 0.29) is 12.7 Å². The zero-order valence-corrected chi connectivity index (χ0v) is 11.8. The summed E-state index contributed by atoms with van der Waals surface area (Å²) in [4.78, 5) is 14.6. The van der Waals surface area contributed by atoms with Crippen LogP contribution in [-0.4, -0.2) is 31.0 Å². The normalized spacial score (nSPS) is 12.0. The average Bonchev–Trinajstić information content (AvgIpc) is 2.37. The van der Waals surface area contributed by atoms with Crippen molar-refractivity contribution in [2.75, 3.05) is 13.7 Å². The van der Waals surface area contributed by atoms with E-state index in [2.05, 4.69) is 19.2 Å². The van der Waals surface area contributed by atoms with Crippen molar-refractivity contribution >= 4 is 5.97 Å². The molecule has 0 aromatic carbocycles. The molecule has 0 fully saturated rings. The fourth-order valence-corrected chi connectivity index (χ4v) is 1.56. The molecule has 1 rings (SSSR count). The number of hydrogen-bond donors (Lipinski definition) is 0. The van der Waals surface area contributed by atoms with E-state index < -0.39 is 47.8 Å². The van der Waals surface area contributed by atoms with Crippen molar-refractivity contribution in [3.05, 3.63) is 17.3 Å². The number of esters is 1. The standard InChI is InChI=1S/C12H11F6NO4/c1-3-22-9(20)5-7-8(23-12(16,17)18)4-6(11(13,14)15)10(19-7)21-2/h4H,3,5H2,1-2H3. The summed E-state index contributed by atoms with van der Waals surface area (Å²) in [5.74, 6) is -3.21. The van der Waals surface area contributed by atoms with Crippen molar-refractivity contribution in [2.24, 2.45) is 0 Å². The topological polar surface area (TPSA) is 57.7 Å². The Morgan fingerprint density at radius 2 is 1.83 bits per heavy atom. The Bertz CT molecular complexity index is 570. The first-order chi connectivity index (χ1) is 10.5. The summed E-state index contributed by atoms with van der Waals surface area (Å²) in [5, 5.41) is 0. The zero-order valence-electron chi connectivity index (χ0n) is 11.8. The first kappa shape index (κ1) is 18.8. The highest BCUT2D eigenvalue weighted by Gasteiger charge is 2.39. The summed E-state index contributed by atoms with van der Waals surface area (Å²) in [5.41, 5.74) is -2.25. The van der Waals surface area contributed by atoms with Gasteiger partial charge in [-0.3, -0.25) is 4.79 Å². The Hall–Kier alpha value is -2.20. The van der Waals surface area contributed by atoms with Crippen LogP contribution in [0.4, 0.5) is 26.3 Å². The quantitative estimate of drug-likeness (QED) is 0.605. The highest BCUT2D eigenvalue weighted by atomic mass is 19.4. The van der Waals surface area contributed by atoms with Crippen LogP contribution in [0.15, 0.2) is 6.07 Å². The van der Waals surface area contributed by atoms with Gasteiger partial charge in [0, 0.05) is 6.07 Å². The third-order valence-electron chi connectivity index (χ3n) is 2.37. The monoisotopic (exact) mass is 347 g/mol. The second kappa shape index (κ2) is 6.92. The van der Waals surface area contributed by atoms with Gasteiger partial charge in [0.1, 0.15) is 5.56 Å². The first-order valence-electron chi connectivity index (χ1n) is 6.04. The van der Waals surface area contributed by atoms with Gasteiger partial charge in [-0.15, -0.1) is 13.2 Å². The van der Waals surface area contributed by atoms with E-state index in [1.165, 1.54) is 6.92 Å². The lowest BCUT2D eigenvalue weighted by atomic mass is 10.2. The molecule has 0 aliphatic heterocycles. The molecular weight excluding hydrogens is 336 g/mol. The minimum absolute atomic E-state index is 0.0634. The molecule has 0 atom stereocenters. The Morgan fingerprint density at radius 1 is 1.22 bits per heavy atom. The number of carbonyl (C=O) groups is 1. The second-order valence-electron chi connectivity index (χ2n) is 4.02. The Kier molecular flexibility index (Phi) is 5.67. The lowest BCUT2D eigenvalue weighted by Crippen LogP contribution is -2.21. The molecule has 0 amide bonds. The van der Waals surface area contributed by atoms with Crippen LogP contribution in [0.2, 0.25) is 0 Å². The maximum atomic E-state index is 12.8. The van der Waals surface area contributed by atoms with E-state index in [4.69, 9.17) is 0 Å². The lowest BCUT2D eigenvalue weighted by Gasteiger charge is -2.17. The number of hydrogen-bond acceptors (Lipinski definition) is 5. The van der Waals surface area contributed by atoms with Gasteiger partial charge in [-0.25, -0.2) is 4.98 Å². The van der Waals surface area contributed by atoms with Gasteiger partial charge in [0.15, 0.2) is 5.75 Å². The number of aromatic nitrogens is 1. The number of pyridine rings is 1. The number of ether oxygens (including phenoxy) is 3. The first-order valence-corrected chi connectivity index (χ1v) is 6.04. The van der Waals surface area contributed by atoms with E-state index in [1.54, 1.807) is 0 Å². The highest BCUT2D eigenvalue weighted by molar-refractivity contribution is 5.73. The summed E-state index contributed by atoms with van der Waals surface area (Å²) in [6.07, 6.45) is -11.1. The van der Waals surface area contributed by atoms with E-state index in [1.807, 2.05) is 0 Å². The van der Waals surface area contributed by atoms with E-state index in [0.29, 0.717) is 0 Å². The number of carbonyl (C=O) groups excluding carboxylic acids is 1. The van der Waals surface area contributed by atoms with Crippen LogP contribution in [0, 0.1) is 0 Å². The third-order valence-corrected chi connectivity index (χ3v) is 2.37. The molecule has 130 valence electrons. The average molecular weight is 347 g/mol. The van der Waals surface area contributed by atoms with Crippen molar-refractivity contribution in [3.8, 4) is 11.6 Å². The molecule has 5 nitrogen and oxygen atoms in total. The van der Waals surface area contributed by atoms with Gasteiger partial charge >= 0.3 is 18.5 Å². The van der Waals surface area contributed by atoms with Crippen molar-refractivity contribution in [1.29, 1.82) is 0 Å². The predicted octanol–water partition coefficient (Wildman–Crippen LogP) is 3.11. The Morgan fingerprint density at radius 3 is 2.26 bits per heavy atom. The molecule has 1 aromatic rings. The van der Waals surface area contributed by atoms with Gasteiger partial charge in [-0.1, -0.05) is 0 Å². The van der Waals surface area contributed by atoms with E-state index in [9.17, 15) is 31.1 Å². The van der Waals surface area contributed by atoms with Crippen molar-refractivity contribution in [3.63, 3.8) is 0 Å². The zero-order chi connectivity index (χ0) is 17.8. The predicted molar refractivity (Wildman–Crippen MR) is 62.8 cm³/mol. The minimum atomic E-state index is -5.26. The molecule has 23 heavy (non-hydrogen) atoms. The van der Waals surface area contributed by atoms with Gasteiger partial charge in [0.05, 0.1) is 25.8 Å². The highest BCUT2D eigenvalue weighted by Crippen LogP contribution is 2.39. The molecule has 0 saturated carbocycles. The molecule has 0 spiro atoms. The van der Waals surface area contributed by atoms with Crippen molar-refractivity contribution < 1.29 is 45.3 Å². The molecule has 0 N–H and O–H groups in total. The van der Waals surface area contributed by atoms with Crippen molar-refractivity contribution in [1.82, 2.24) is 4.98 Å². The number of rotatable bonds is 5.